The number of benzene rings is 3. The standard InChI is InChI=1S/3C11H6F2N.Ir/c3*12-8-4-5-9(10(13)7-8)11-3-1-2-6-14-11;/h3*1-2,4-7H;/q3*-1;+3. The summed E-state index contributed by atoms with van der Waals surface area (Å²) in [6, 6.07) is 28.4. The smallest absolute Gasteiger partial charge is 0.296 e. The second kappa shape index (κ2) is 16.1. The van der Waals surface area contributed by atoms with Crippen LogP contribution in [0.3, 0.4) is 0 Å². The number of rotatable bonds is 3. The van der Waals surface area contributed by atoms with Gasteiger partial charge in [0.2, 0.25) is 0 Å². The first-order chi connectivity index (χ1) is 20.3. The van der Waals surface area contributed by atoms with Crippen LogP contribution in [0.15, 0.2) is 110 Å². The SMILES string of the molecule is Fc1ccc(-c2[c-]cccn2)c(F)c1.Fc1ccc(-c2[c-]cccn2)c(F)c1.Fc1ccc(-c2[c-]cccn2)c(F)c1.[Ir+3]. The van der Waals surface area contributed by atoms with Gasteiger partial charge in [-0.15, -0.1) is 36.4 Å². The van der Waals surface area contributed by atoms with E-state index in [-0.39, 0.29) is 36.8 Å². The first-order valence-corrected chi connectivity index (χ1v) is 12.2. The maximum absolute atomic E-state index is 13.2. The number of aromatic nitrogens is 3. The summed E-state index contributed by atoms with van der Waals surface area (Å²) in [5, 5.41) is 0. The topological polar surface area (TPSA) is 38.7 Å². The van der Waals surface area contributed by atoms with Crippen molar-refractivity contribution in [2.45, 2.75) is 0 Å². The van der Waals surface area contributed by atoms with E-state index in [0.717, 1.165) is 18.2 Å². The second-order valence-corrected chi connectivity index (χ2v) is 8.26. The van der Waals surface area contributed by atoms with Crippen LogP contribution >= 0.6 is 0 Å². The van der Waals surface area contributed by atoms with Gasteiger partial charge < -0.3 is 0 Å². The molecule has 0 fully saturated rings. The van der Waals surface area contributed by atoms with Crippen LogP contribution in [0.25, 0.3) is 33.8 Å². The molecule has 0 aliphatic heterocycles. The third kappa shape index (κ3) is 9.43. The Morgan fingerprint density at radius 1 is 0.419 bits per heavy atom. The van der Waals surface area contributed by atoms with Crippen LogP contribution in [-0.2, 0) is 20.1 Å². The van der Waals surface area contributed by atoms with Crippen LogP contribution in [0, 0.1) is 53.1 Å². The van der Waals surface area contributed by atoms with Gasteiger partial charge in [-0.2, -0.15) is 36.4 Å². The van der Waals surface area contributed by atoms with Gasteiger partial charge >= 0.3 is 20.1 Å². The summed E-state index contributed by atoms with van der Waals surface area (Å²) in [5.74, 6) is -3.66. The van der Waals surface area contributed by atoms with Crippen molar-refractivity contribution in [3.63, 3.8) is 0 Å². The molecule has 0 aliphatic carbocycles. The zero-order valence-electron chi connectivity index (χ0n) is 21.8. The average molecular weight is 763 g/mol. The number of nitrogens with zero attached hydrogens (tertiary/aromatic N) is 3. The van der Waals surface area contributed by atoms with Gasteiger partial charge in [0.1, 0.15) is 17.5 Å². The summed E-state index contributed by atoms with van der Waals surface area (Å²) in [6.45, 7) is 0. The molecule has 0 unspecified atom stereocenters. The normalized spacial score (nSPS) is 9.91. The number of halogens is 6. The van der Waals surface area contributed by atoms with Crippen molar-refractivity contribution in [3.8, 4) is 33.8 Å². The van der Waals surface area contributed by atoms with E-state index in [4.69, 9.17) is 0 Å². The van der Waals surface area contributed by atoms with Crippen LogP contribution < -0.4 is 0 Å². The average Bonchev–Trinajstić information content (AvgIpc) is 2.99. The van der Waals surface area contributed by atoms with E-state index in [9.17, 15) is 26.3 Å². The third-order valence-electron chi connectivity index (χ3n) is 5.38. The molecule has 0 atom stereocenters. The number of hydrogen-bond donors (Lipinski definition) is 0. The van der Waals surface area contributed by atoms with Crippen molar-refractivity contribution in [2.24, 2.45) is 0 Å². The quantitative estimate of drug-likeness (QED) is 0.134. The van der Waals surface area contributed by atoms with Gasteiger partial charge in [-0.05, 0) is 72.1 Å². The molecule has 0 radical (unpaired) electrons. The second-order valence-electron chi connectivity index (χ2n) is 8.26. The fourth-order valence-electron chi connectivity index (χ4n) is 3.46. The maximum Gasteiger partial charge on any atom is 3.00 e. The molecule has 0 bridgehead atoms. The molecule has 0 N–H and O–H groups in total. The zero-order chi connectivity index (χ0) is 29.9. The minimum atomic E-state index is -0.625. The predicted octanol–water partition coefficient (Wildman–Crippen LogP) is 8.48. The van der Waals surface area contributed by atoms with E-state index < -0.39 is 34.9 Å². The monoisotopic (exact) mass is 763 g/mol. The van der Waals surface area contributed by atoms with Gasteiger partial charge in [0.15, 0.2) is 0 Å². The molecule has 3 aromatic carbocycles. The summed E-state index contributed by atoms with van der Waals surface area (Å²) >= 11 is 0. The van der Waals surface area contributed by atoms with E-state index in [1.165, 1.54) is 55.0 Å². The van der Waals surface area contributed by atoms with Gasteiger partial charge in [0, 0.05) is 0 Å². The van der Waals surface area contributed by atoms with Crippen LogP contribution in [0.5, 0.6) is 0 Å². The zero-order valence-corrected chi connectivity index (χ0v) is 24.2. The third-order valence-corrected chi connectivity index (χ3v) is 5.38. The van der Waals surface area contributed by atoms with Crippen LogP contribution in [0.4, 0.5) is 26.3 Å². The van der Waals surface area contributed by atoms with Crippen molar-refractivity contribution < 1.29 is 46.4 Å². The van der Waals surface area contributed by atoms with Gasteiger partial charge in [0.05, 0.1) is 17.5 Å². The molecule has 0 spiro atoms. The minimum absolute atomic E-state index is 0. The van der Waals surface area contributed by atoms with Crippen LogP contribution in [0.1, 0.15) is 0 Å². The molecular weight excluding hydrogens is 745 g/mol. The van der Waals surface area contributed by atoms with E-state index in [1.54, 1.807) is 36.4 Å². The van der Waals surface area contributed by atoms with E-state index in [2.05, 4.69) is 33.2 Å². The Balaban J connectivity index is 0.000000175. The molecule has 0 aliphatic rings. The molecule has 0 saturated heterocycles. The summed E-state index contributed by atoms with van der Waals surface area (Å²) < 4.78 is 77.5. The summed E-state index contributed by atoms with van der Waals surface area (Å²) in [4.78, 5) is 11.8. The molecule has 0 saturated carbocycles. The molecule has 6 aromatic rings. The molecule has 216 valence electrons. The molecule has 6 rings (SSSR count). The first-order valence-electron chi connectivity index (χ1n) is 12.2. The maximum atomic E-state index is 13.2. The Morgan fingerprint density at radius 2 is 0.698 bits per heavy atom. The summed E-state index contributed by atoms with van der Waals surface area (Å²) in [6.07, 6.45) is 4.61. The Labute approximate surface area is 257 Å². The molecule has 3 heterocycles. The van der Waals surface area contributed by atoms with Crippen molar-refractivity contribution in [1.29, 1.82) is 0 Å². The van der Waals surface area contributed by atoms with Crippen molar-refractivity contribution in [3.05, 3.63) is 163 Å². The van der Waals surface area contributed by atoms with Gasteiger partial charge in [-0.25, -0.2) is 26.3 Å². The Bertz CT molecular complexity index is 1530. The molecule has 3 aromatic heterocycles. The number of hydrogen-bond acceptors (Lipinski definition) is 3. The van der Waals surface area contributed by atoms with Gasteiger partial charge in [-0.1, -0.05) is 16.7 Å². The molecule has 10 heteroatoms. The van der Waals surface area contributed by atoms with Crippen molar-refractivity contribution in [1.82, 2.24) is 15.0 Å². The summed E-state index contributed by atoms with van der Waals surface area (Å²) in [7, 11) is 0. The molecule has 43 heavy (non-hydrogen) atoms. The fourth-order valence-corrected chi connectivity index (χ4v) is 3.46. The first kappa shape index (κ1) is 32.8. The molecule has 3 nitrogen and oxygen atoms in total. The predicted molar refractivity (Wildman–Crippen MR) is 145 cm³/mol. The Morgan fingerprint density at radius 3 is 0.907 bits per heavy atom. The summed E-state index contributed by atoms with van der Waals surface area (Å²) in [5.41, 5.74) is 1.91. The Kier molecular flexibility index (Phi) is 12.3. The number of pyridine rings is 3. The largest absolute Gasteiger partial charge is 3.00 e. The van der Waals surface area contributed by atoms with Crippen LogP contribution in [0.2, 0.25) is 0 Å². The van der Waals surface area contributed by atoms with Gasteiger partial charge in [-0.3, -0.25) is 15.0 Å². The fraction of sp³-hybridized carbons (Fsp3) is 0. The van der Waals surface area contributed by atoms with Crippen molar-refractivity contribution in [2.75, 3.05) is 0 Å². The Hall–Kier alpha value is -4.66. The minimum Gasteiger partial charge on any atom is -0.296 e. The van der Waals surface area contributed by atoms with E-state index in [1.807, 2.05) is 0 Å². The van der Waals surface area contributed by atoms with Gasteiger partial charge in [0.25, 0.3) is 0 Å². The van der Waals surface area contributed by atoms with Crippen molar-refractivity contribution >= 4 is 0 Å². The molecule has 0 amide bonds. The van der Waals surface area contributed by atoms with E-state index >= 15 is 0 Å². The van der Waals surface area contributed by atoms with Crippen LogP contribution in [-0.4, -0.2) is 15.0 Å². The van der Waals surface area contributed by atoms with E-state index in [0.29, 0.717) is 17.1 Å². The molecular formula is C33H18F6IrN3.